The zero-order valence-corrected chi connectivity index (χ0v) is 17.7. The molecule has 0 unspecified atom stereocenters. The fourth-order valence-electron chi connectivity index (χ4n) is 5.00. The van der Waals surface area contributed by atoms with E-state index in [-0.39, 0.29) is 11.5 Å². The molecule has 0 atom stereocenters. The van der Waals surface area contributed by atoms with Gasteiger partial charge in [0.25, 0.3) is 11.5 Å². The molecule has 5 nitrogen and oxygen atoms in total. The van der Waals surface area contributed by atoms with Crippen LogP contribution in [0, 0.1) is 0 Å². The third kappa shape index (κ3) is 3.28. The average molecular weight is 410 g/mol. The summed E-state index contributed by atoms with van der Waals surface area (Å²) in [7, 11) is 1.80. The molecule has 3 aromatic rings. The molecule has 1 aliphatic carbocycles. The molecule has 29 heavy (non-hydrogen) atoms. The molecule has 3 heterocycles. The molecule has 0 N–H and O–H groups in total. The first kappa shape index (κ1) is 18.8. The first-order valence-electron chi connectivity index (χ1n) is 10.7. The number of amides is 1. The van der Waals surface area contributed by atoms with Gasteiger partial charge in [0.05, 0.1) is 15.8 Å². The Kier molecular flexibility index (Phi) is 4.92. The van der Waals surface area contributed by atoms with Crippen LogP contribution in [0.25, 0.3) is 21.0 Å². The number of aromatic nitrogens is 1. The molecule has 1 amide bonds. The number of carbonyl (C=O) groups is 1. The van der Waals surface area contributed by atoms with E-state index in [2.05, 4.69) is 4.90 Å². The third-order valence-electron chi connectivity index (χ3n) is 6.68. The summed E-state index contributed by atoms with van der Waals surface area (Å²) < 4.78 is 2.61. The Morgan fingerprint density at radius 2 is 1.72 bits per heavy atom. The normalized spacial score (nSPS) is 19.3. The largest absolute Gasteiger partial charge is 0.335 e. The molecule has 5 rings (SSSR count). The predicted molar refractivity (Wildman–Crippen MR) is 119 cm³/mol. The van der Waals surface area contributed by atoms with Crippen molar-refractivity contribution in [2.45, 2.75) is 38.1 Å². The van der Waals surface area contributed by atoms with Crippen molar-refractivity contribution in [3.8, 4) is 0 Å². The van der Waals surface area contributed by atoms with E-state index in [1.807, 2.05) is 35.2 Å². The van der Waals surface area contributed by atoms with E-state index in [1.54, 1.807) is 11.6 Å². The van der Waals surface area contributed by atoms with Gasteiger partial charge in [-0.25, -0.2) is 0 Å². The number of hydrogen-bond acceptors (Lipinski definition) is 4. The van der Waals surface area contributed by atoms with Gasteiger partial charge < -0.3 is 9.47 Å². The summed E-state index contributed by atoms with van der Waals surface area (Å²) in [4.78, 5) is 31.2. The highest BCUT2D eigenvalue weighted by Gasteiger charge is 2.28. The zero-order chi connectivity index (χ0) is 20.0. The van der Waals surface area contributed by atoms with Crippen LogP contribution in [-0.2, 0) is 7.05 Å². The fraction of sp³-hybridized carbons (Fsp3) is 0.478. The Labute approximate surface area is 174 Å². The van der Waals surface area contributed by atoms with Crippen molar-refractivity contribution >= 4 is 38.2 Å². The predicted octanol–water partition coefficient (Wildman–Crippen LogP) is 3.84. The number of carbonyl (C=O) groups excluding carboxylic acids is 1. The minimum Gasteiger partial charge on any atom is -0.335 e. The Morgan fingerprint density at radius 1 is 1.00 bits per heavy atom. The number of hydrogen-bond donors (Lipinski definition) is 0. The Balaban J connectivity index is 1.40. The molecule has 2 aromatic heterocycles. The monoisotopic (exact) mass is 409 g/mol. The molecule has 1 saturated heterocycles. The van der Waals surface area contributed by atoms with E-state index >= 15 is 0 Å². The Bertz CT molecular complexity index is 1120. The highest BCUT2D eigenvalue weighted by atomic mass is 32.1. The number of piperazine rings is 1. The number of benzene rings is 1. The van der Waals surface area contributed by atoms with E-state index in [1.165, 1.54) is 43.4 Å². The summed E-state index contributed by atoms with van der Waals surface area (Å²) in [5.41, 5.74) is 0.878. The standard InChI is InChI=1S/C23H27N3O2S/c1-24-19-10-6-5-9-17(19)21-18(22(24)27)15-20(29-21)23(28)26-13-11-25(12-14-26)16-7-3-2-4-8-16/h5-6,9-10,15-16H,2-4,7-8,11-14H2,1H3. The molecule has 152 valence electrons. The van der Waals surface area contributed by atoms with E-state index in [9.17, 15) is 9.59 Å². The van der Waals surface area contributed by atoms with Crippen LogP contribution in [0.3, 0.4) is 0 Å². The minimum absolute atomic E-state index is 0.0314. The van der Waals surface area contributed by atoms with E-state index < -0.39 is 0 Å². The summed E-state index contributed by atoms with van der Waals surface area (Å²) in [6, 6.07) is 10.4. The first-order chi connectivity index (χ1) is 14.1. The van der Waals surface area contributed by atoms with E-state index in [0.717, 1.165) is 41.8 Å². The maximum absolute atomic E-state index is 13.2. The number of thiophene rings is 1. The van der Waals surface area contributed by atoms with Crippen molar-refractivity contribution in [3.63, 3.8) is 0 Å². The number of rotatable bonds is 2. The summed E-state index contributed by atoms with van der Waals surface area (Å²) in [6.07, 6.45) is 6.67. The van der Waals surface area contributed by atoms with Gasteiger partial charge in [-0.3, -0.25) is 14.5 Å². The van der Waals surface area contributed by atoms with Crippen molar-refractivity contribution in [1.29, 1.82) is 0 Å². The van der Waals surface area contributed by atoms with Crippen LogP contribution < -0.4 is 5.56 Å². The average Bonchev–Trinajstić information content (AvgIpc) is 3.24. The lowest BCUT2D eigenvalue weighted by molar-refractivity contribution is 0.0527. The second-order valence-electron chi connectivity index (χ2n) is 8.35. The zero-order valence-electron chi connectivity index (χ0n) is 16.9. The van der Waals surface area contributed by atoms with Crippen molar-refractivity contribution in [3.05, 3.63) is 45.6 Å². The van der Waals surface area contributed by atoms with Crippen molar-refractivity contribution in [1.82, 2.24) is 14.4 Å². The summed E-state index contributed by atoms with van der Waals surface area (Å²) in [6.45, 7) is 3.49. The fourth-order valence-corrected chi connectivity index (χ4v) is 6.15. The molecule has 2 fully saturated rings. The maximum Gasteiger partial charge on any atom is 0.264 e. The summed E-state index contributed by atoms with van der Waals surface area (Å²) in [5.74, 6) is 0.0700. The topological polar surface area (TPSA) is 45.6 Å². The van der Waals surface area contributed by atoms with Gasteiger partial charge >= 0.3 is 0 Å². The number of aryl methyl sites for hydroxylation is 1. The van der Waals surface area contributed by atoms with E-state index in [0.29, 0.717) is 16.3 Å². The Hall–Kier alpha value is -2.18. The highest BCUT2D eigenvalue weighted by Crippen LogP contribution is 2.31. The molecular formula is C23H27N3O2S. The van der Waals surface area contributed by atoms with Gasteiger partial charge in [0.15, 0.2) is 0 Å². The quantitative estimate of drug-likeness (QED) is 0.646. The second kappa shape index (κ2) is 7.58. The smallest absolute Gasteiger partial charge is 0.264 e. The molecule has 1 aliphatic heterocycles. The molecule has 6 heteroatoms. The van der Waals surface area contributed by atoms with Crippen LogP contribution in [0.2, 0.25) is 0 Å². The van der Waals surface area contributed by atoms with Crippen molar-refractivity contribution < 1.29 is 4.79 Å². The molecule has 0 spiro atoms. The van der Waals surface area contributed by atoms with Gasteiger partial charge in [0.1, 0.15) is 0 Å². The highest BCUT2D eigenvalue weighted by molar-refractivity contribution is 7.21. The van der Waals surface area contributed by atoms with Crippen LogP contribution in [0.1, 0.15) is 41.8 Å². The van der Waals surface area contributed by atoms with E-state index in [4.69, 9.17) is 0 Å². The lowest BCUT2D eigenvalue weighted by atomic mass is 9.94. The van der Waals surface area contributed by atoms with Crippen molar-refractivity contribution in [2.75, 3.05) is 26.2 Å². The second-order valence-corrected chi connectivity index (χ2v) is 9.41. The molecule has 0 radical (unpaired) electrons. The van der Waals surface area contributed by atoms with Gasteiger partial charge in [0.2, 0.25) is 0 Å². The minimum atomic E-state index is -0.0314. The number of nitrogens with zero attached hydrogens (tertiary/aromatic N) is 3. The lowest BCUT2D eigenvalue weighted by Crippen LogP contribution is -2.52. The van der Waals surface area contributed by atoms with Crippen LogP contribution in [0.15, 0.2) is 35.1 Å². The first-order valence-corrected chi connectivity index (χ1v) is 11.5. The molecule has 2 aliphatic rings. The van der Waals surface area contributed by atoms with Gasteiger partial charge in [-0.2, -0.15) is 0 Å². The molecule has 0 bridgehead atoms. The van der Waals surface area contributed by atoms with Crippen molar-refractivity contribution in [2.24, 2.45) is 7.05 Å². The number of pyridine rings is 1. The van der Waals surface area contributed by atoms with Gasteiger partial charge in [0, 0.05) is 49.4 Å². The van der Waals surface area contributed by atoms with Crippen LogP contribution in [0.5, 0.6) is 0 Å². The molecule has 1 aromatic carbocycles. The van der Waals surface area contributed by atoms with Gasteiger partial charge in [-0.05, 0) is 25.0 Å². The van der Waals surface area contributed by atoms with Crippen LogP contribution in [-0.4, -0.2) is 52.5 Å². The Morgan fingerprint density at radius 3 is 2.48 bits per heavy atom. The molecule has 1 saturated carbocycles. The SMILES string of the molecule is Cn1c(=O)c2cc(C(=O)N3CCN(C4CCCCC4)CC3)sc2c2ccccc21. The van der Waals surface area contributed by atoms with Gasteiger partial charge in [-0.1, -0.05) is 37.5 Å². The molecular weight excluding hydrogens is 382 g/mol. The van der Waals surface area contributed by atoms with Gasteiger partial charge in [-0.15, -0.1) is 11.3 Å². The summed E-state index contributed by atoms with van der Waals surface area (Å²) in [5, 5.41) is 1.69. The summed E-state index contributed by atoms with van der Waals surface area (Å²) >= 11 is 1.46. The number of para-hydroxylation sites is 1. The van der Waals surface area contributed by atoms with Crippen LogP contribution in [0.4, 0.5) is 0 Å². The van der Waals surface area contributed by atoms with Crippen LogP contribution >= 0.6 is 11.3 Å². The third-order valence-corrected chi connectivity index (χ3v) is 7.84. The lowest BCUT2D eigenvalue weighted by Gasteiger charge is -2.40. The number of fused-ring (bicyclic) bond motifs is 3. The maximum atomic E-state index is 13.2.